The first-order chi connectivity index (χ1) is 7.67. The highest BCUT2D eigenvalue weighted by Crippen LogP contribution is 2.09. The van der Waals surface area contributed by atoms with Gasteiger partial charge < -0.3 is 0 Å². The molecule has 0 bridgehead atoms. The molecule has 1 aromatic carbocycles. The Hall–Kier alpha value is -1.57. The van der Waals surface area contributed by atoms with Gasteiger partial charge in [0.15, 0.2) is 0 Å². The molecule has 0 saturated carbocycles. The van der Waals surface area contributed by atoms with Gasteiger partial charge in [-0.25, -0.2) is 4.68 Å². The minimum Gasteiger partial charge on any atom is -0.241 e. The molecule has 0 spiro atoms. The van der Waals surface area contributed by atoms with Crippen LogP contribution >= 0.6 is 0 Å². The Morgan fingerprint density at radius 3 is 2.31 bits per heavy atom. The summed E-state index contributed by atoms with van der Waals surface area (Å²) in [5.74, 6) is 0. The van der Waals surface area contributed by atoms with E-state index in [9.17, 15) is 0 Å². The number of aryl methyl sites for hydroxylation is 2. The van der Waals surface area contributed by atoms with Crippen LogP contribution in [-0.2, 0) is 0 Å². The van der Waals surface area contributed by atoms with Crippen molar-refractivity contribution in [3.63, 3.8) is 0 Å². The van der Waals surface area contributed by atoms with Gasteiger partial charge in [-0.2, -0.15) is 5.10 Å². The predicted molar refractivity (Wildman–Crippen MR) is 69.0 cm³/mol. The largest absolute Gasteiger partial charge is 0.241 e. The minimum absolute atomic E-state index is 1.04. The third-order valence-electron chi connectivity index (χ3n) is 1.99. The topological polar surface area (TPSA) is 17.8 Å². The van der Waals surface area contributed by atoms with E-state index in [1.807, 2.05) is 29.9 Å². The summed E-state index contributed by atoms with van der Waals surface area (Å²) in [5, 5.41) is 4.34. The fraction of sp³-hybridized carbons (Fsp3) is 0.357. The average molecular weight is 216 g/mol. The van der Waals surface area contributed by atoms with Gasteiger partial charge in [0.05, 0.1) is 11.4 Å². The van der Waals surface area contributed by atoms with Crippen molar-refractivity contribution in [2.75, 3.05) is 0 Å². The molecule has 0 saturated heterocycles. The van der Waals surface area contributed by atoms with E-state index in [-0.39, 0.29) is 0 Å². The van der Waals surface area contributed by atoms with Gasteiger partial charge in [0, 0.05) is 6.20 Å². The van der Waals surface area contributed by atoms with Crippen molar-refractivity contribution in [2.45, 2.75) is 34.1 Å². The number of rotatable bonds is 1. The molecule has 2 heteroatoms. The second-order valence-electron chi connectivity index (χ2n) is 3.95. The monoisotopic (exact) mass is 216 g/mol. The van der Waals surface area contributed by atoms with Gasteiger partial charge in [0.2, 0.25) is 0 Å². The molecule has 0 unspecified atom stereocenters. The van der Waals surface area contributed by atoms with Crippen molar-refractivity contribution < 1.29 is 0 Å². The quantitative estimate of drug-likeness (QED) is 0.706. The summed E-state index contributed by atoms with van der Waals surface area (Å²) in [6.07, 6.45) is 3.23. The van der Waals surface area contributed by atoms with Gasteiger partial charge in [-0.1, -0.05) is 32.4 Å². The molecule has 0 N–H and O–H groups in total. The van der Waals surface area contributed by atoms with Crippen LogP contribution in [0.3, 0.4) is 0 Å². The van der Waals surface area contributed by atoms with E-state index in [0.29, 0.717) is 0 Å². The zero-order chi connectivity index (χ0) is 12.0. The molecule has 0 aliphatic rings. The molecule has 2 rings (SSSR count). The van der Waals surface area contributed by atoms with Crippen LogP contribution in [0.5, 0.6) is 0 Å². The molecular formula is C14H20N2. The Morgan fingerprint density at radius 1 is 1.12 bits per heavy atom. The Kier molecular flexibility index (Phi) is 4.77. The van der Waals surface area contributed by atoms with E-state index in [4.69, 9.17) is 0 Å². The summed E-state index contributed by atoms with van der Waals surface area (Å²) in [6, 6.07) is 10.3. The third kappa shape index (κ3) is 3.54. The van der Waals surface area contributed by atoms with Crippen molar-refractivity contribution in [2.24, 2.45) is 0 Å². The number of nitrogens with zero attached hydrogens (tertiary/aromatic N) is 2. The summed E-state index contributed by atoms with van der Waals surface area (Å²) in [7, 11) is 0. The molecule has 0 atom stereocenters. The summed E-state index contributed by atoms with van der Waals surface area (Å²) in [5.41, 5.74) is 3.42. The molecule has 0 aliphatic heterocycles. The van der Waals surface area contributed by atoms with Gasteiger partial charge in [0.1, 0.15) is 0 Å². The van der Waals surface area contributed by atoms with Crippen LogP contribution in [0, 0.1) is 13.8 Å². The van der Waals surface area contributed by atoms with Gasteiger partial charge in [-0.3, -0.25) is 0 Å². The Labute approximate surface area is 97.9 Å². The summed E-state index contributed by atoms with van der Waals surface area (Å²) in [6.45, 7) is 8.33. The molecule has 1 heterocycles. The second-order valence-corrected chi connectivity index (χ2v) is 3.95. The van der Waals surface area contributed by atoms with E-state index in [1.54, 1.807) is 0 Å². The molecule has 2 nitrogen and oxygen atoms in total. The highest BCUT2D eigenvalue weighted by Gasteiger charge is 1.96. The Balaban J connectivity index is 0.000000386. The molecule has 86 valence electrons. The standard InChI is InChI=1S/C11H12N2.C3H8/c1-9-4-3-5-11(8-9)13-7-6-10(2)12-13;1-3-2/h3-8H,1-2H3;3H2,1-2H3. The van der Waals surface area contributed by atoms with Crippen molar-refractivity contribution >= 4 is 0 Å². The fourth-order valence-electron chi connectivity index (χ4n) is 1.33. The lowest BCUT2D eigenvalue weighted by Crippen LogP contribution is -1.94. The van der Waals surface area contributed by atoms with E-state index in [0.717, 1.165) is 11.4 Å². The smallest absolute Gasteiger partial charge is 0.0648 e. The first-order valence-corrected chi connectivity index (χ1v) is 5.76. The second kappa shape index (κ2) is 6.11. The fourth-order valence-corrected chi connectivity index (χ4v) is 1.33. The van der Waals surface area contributed by atoms with Crippen LogP contribution in [0.4, 0.5) is 0 Å². The number of benzene rings is 1. The zero-order valence-corrected chi connectivity index (χ0v) is 10.6. The first-order valence-electron chi connectivity index (χ1n) is 5.76. The van der Waals surface area contributed by atoms with E-state index >= 15 is 0 Å². The maximum Gasteiger partial charge on any atom is 0.0648 e. The average Bonchev–Trinajstić information content (AvgIpc) is 2.66. The zero-order valence-electron chi connectivity index (χ0n) is 10.6. The molecule has 2 aromatic rings. The number of hydrogen-bond donors (Lipinski definition) is 0. The first kappa shape index (κ1) is 12.5. The van der Waals surface area contributed by atoms with E-state index < -0.39 is 0 Å². The lowest BCUT2D eigenvalue weighted by atomic mass is 10.2. The molecule has 16 heavy (non-hydrogen) atoms. The Morgan fingerprint density at radius 2 is 1.81 bits per heavy atom. The maximum atomic E-state index is 4.34. The molecular weight excluding hydrogens is 196 g/mol. The van der Waals surface area contributed by atoms with E-state index in [1.165, 1.54) is 12.0 Å². The molecule has 1 aromatic heterocycles. The van der Waals surface area contributed by atoms with Crippen LogP contribution in [0.25, 0.3) is 5.69 Å². The van der Waals surface area contributed by atoms with Gasteiger partial charge in [-0.15, -0.1) is 0 Å². The third-order valence-corrected chi connectivity index (χ3v) is 1.99. The molecule has 0 amide bonds. The lowest BCUT2D eigenvalue weighted by Gasteiger charge is -2.01. The van der Waals surface area contributed by atoms with Gasteiger partial charge in [-0.05, 0) is 37.6 Å². The molecule has 0 fully saturated rings. The van der Waals surface area contributed by atoms with Crippen molar-refractivity contribution in [3.8, 4) is 5.69 Å². The molecule has 0 aliphatic carbocycles. The Bertz CT molecular complexity index is 430. The molecule has 0 radical (unpaired) electrons. The van der Waals surface area contributed by atoms with Crippen LogP contribution in [-0.4, -0.2) is 9.78 Å². The summed E-state index contributed by atoms with van der Waals surface area (Å²) >= 11 is 0. The SMILES string of the molecule is CCC.Cc1cccc(-n2ccc(C)n2)c1. The van der Waals surface area contributed by atoms with Crippen LogP contribution in [0.2, 0.25) is 0 Å². The lowest BCUT2D eigenvalue weighted by molar-refractivity contribution is 0.861. The van der Waals surface area contributed by atoms with Crippen molar-refractivity contribution in [3.05, 3.63) is 47.8 Å². The van der Waals surface area contributed by atoms with Crippen molar-refractivity contribution in [1.82, 2.24) is 9.78 Å². The minimum atomic E-state index is 1.04. The van der Waals surface area contributed by atoms with Crippen LogP contribution in [0.15, 0.2) is 36.5 Å². The maximum absolute atomic E-state index is 4.34. The highest BCUT2D eigenvalue weighted by atomic mass is 15.3. The van der Waals surface area contributed by atoms with Gasteiger partial charge in [0.25, 0.3) is 0 Å². The number of hydrogen-bond acceptors (Lipinski definition) is 1. The van der Waals surface area contributed by atoms with Gasteiger partial charge >= 0.3 is 0 Å². The summed E-state index contributed by atoms with van der Waals surface area (Å²) in [4.78, 5) is 0. The summed E-state index contributed by atoms with van der Waals surface area (Å²) < 4.78 is 1.89. The van der Waals surface area contributed by atoms with Crippen LogP contribution < -0.4 is 0 Å². The van der Waals surface area contributed by atoms with E-state index in [2.05, 4.69) is 44.1 Å². The highest BCUT2D eigenvalue weighted by molar-refractivity contribution is 5.34. The van der Waals surface area contributed by atoms with Crippen molar-refractivity contribution in [1.29, 1.82) is 0 Å². The van der Waals surface area contributed by atoms with Crippen LogP contribution in [0.1, 0.15) is 31.5 Å². The normalized spacial score (nSPS) is 9.50. The predicted octanol–water partition coefficient (Wildman–Crippen LogP) is 3.91. The number of aromatic nitrogens is 2.